The van der Waals surface area contributed by atoms with Gasteiger partial charge in [0.2, 0.25) is 5.91 Å². The van der Waals surface area contributed by atoms with Gasteiger partial charge in [-0.05, 0) is 112 Å². The highest BCUT2D eigenvalue weighted by Crippen LogP contribution is 2.30. The largest absolute Gasteiger partial charge is 0.459 e. The van der Waals surface area contributed by atoms with Crippen LogP contribution in [-0.4, -0.2) is 60.9 Å². The van der Waals surface area contributed by atoms with Crippen LogP contribution in [0.2, 0.25) is 10.0 Å². The molecule has 3 heterocycles. The standard InChI is InChI=1S/C32H36Cl2FN3O3/c33-28-9-8-27(22-29(28)34)38(31(39)25-12-18-37(19-13-25)32(40)30-3-1-20-41-30)15-2-14-36-16-10-24(11-17-36)21-23-4-6-26(35)7-5-23/h1,3-9,20,22,24-25H,2,10-19,21H2. The Kier molecular flexibility index (Phi) is 10.0. The minimum Gasteiger partial charge on any atom is -0.459 e. The van der Waals surface area contributed by atoms with Crippen molar-refractivity contribution in [2.24, 2.45) is 11.8 Å². The van der Waals surface area contributed by atoms with E-state index in [1.165, 1.54) is 24.0 Å². The van der Waals surface area contributed by atoms with Crippen LogP contribution in [-0.2, 0) is 11.2 Å². The van der Waals surface area contributed by atoms with E-state index in [0.29, 0.717) is 54.2 Å². The van der Waals surface area contributed by atoms with E-state index < -0.39 is 0 Å². The van der Waals surface area contributed by atoms with E-state index >= 15 is 0 Å². The van der Waals surface area contributed by atoms with Crippen LogP contribution in [0.5, 0.6) is 0 Å². The molecule has 2 amide bonds. The molecule has 3 aromatic rings. The van der Waals surface area contributed by atoms with Gasteiger partial charge in [-0.2, -0.15) is 0 Å². The van der Waals surface area contributed by atoms with E-state index in [2.05, 4.69) is 4.90 Å². The quantitative estimate of drug-likeness (QED) is 0.267. The number of rotatable bonds is 9. The zero-order valence-electron chi connectivity index (χ0n) is 23.1. The van der Waals surface area contributed by atoms with Crippen LogP contribution in [0, 0.1) is 17.7 Å². The van der Waals surface area contributed by atoms with Gasteiger partial charge in [0.05, 0.1) is 16.3 Å². The molecule has 2 aliphatic rings. The van der Waals surface area contributed by atoms with Gasteiger partial charge in [0.1, 0.15) is 5.82 Å². The number of carbonyl (C=O) groups excluding carboxylic acids is 2. The molecule has 0 unspecified atom stereocenters. The number of likely N-dealkylation sites (tertiary alicyclic amines) is 2. The van der Waals surface area contributed by atoms with Gasteiger partial charge in [-0.1, -0.05) is 35.3 Å². The van der Waals surface area contributed by atoms with Crippen molar-refractivity contribution < 1.29 is 18.4 Å². The van der Waals surface area contributed by atoms with E-state index in [9.17, 15) is 14.0 Å². The molecule has 0 radical (unpaired) electrons. The Labute approximate surface area is 251 Å². The molecule has 2 fully saturated rings. The fourth-order valence-electron chi connectivity index (χ4n) is 5.95. The number of nitrogens with zero attached hydrogens (tertiary/aromatic N) is 3. The smallest absolute Gasteiger partial charge is 0.289 e. The maximum atomic E-state index is 13.8. The fraction of sp³-hybridized carbons (Fsp3) is 0.438. The predicted molar refractivity (Wildman–Crippen MR) is 160 cm³/mol. The second-order valence-corrected chi connectivity index (χ2v) is 11.9. The van der Waals surface area contributed by atoms with Crippen molar-refractivity contribution in [3.8, 4) is 0 Å². The molecular weight excluding hydrogens is 564 g/mol. The van der Waals surface area contributed by atoms with Gasteiger partial charge >= 0.3 is 0 Å². The first-order valence-electron chi connectivity index (χ1n) is 14.4. The van der Waals surface area contributed by atoms with Crippen LogP contribution in [0.4, 0.5) is 10.1 Å². The molecule has 2 saturated heterocycles. The number of amides is 2. The summed E-state index contributed by atoms with van der Waals surface area (Å²) in [6.45, 7) is 4.56. The Morgan fingerprint density at radius 2 is 1.66 bits per heavy atom. The average molecular weight is 601 g/mol. The molecule has 0 N–H and O–H groups in total. The van der Waals surface area contributed by atoms with E-state index in [0.717, 1.165) is 51.0 Å². The first-order chi connectivity index (χ1) is 19.9. The van der Waals surface area contributed by atoms with Crippen molar-refractivity contribution in [1.29, 1.82) is 0 Å². The van der Waals surface area contributed by atoms with Gasteiger partial charge in [-0.3, -0.25) is 9.59 Å². The van der Waals surface area contributed by atoms with Gasteiger partial charge in [0.25, 0.3) is 5.91 Å². The SMILES string of the molecule is O=C(c1ccco1)N1CCC(C(=O)N(CCCN2CCC(Cc3ccc(F)cc3)CC2)c2ccc(Cl)c(Cl)c2)CC1. The molecule has 0 aliphatic carbocycles. The summed E-state index contributed by atoms with van der Waals surface area (Å²) in [5.41, 5.74) is 1.94. The number of anilines is 1. The summed E-state index contributed by atoms with van der Waals surface area (Å²) in [4.78, 5) is 32.6. The van der Waals surface area contributed by atoms with Crippen molar-refractivity contribution in [3.05, 3.63) is 88.0 Å². The highest BCUT2D eigenvalue weighted by molar-refractivity contribution is 6.42. The number of furan rings is 1. The van der Waals surface area contributed by atoms with Crippen molar-refractivity contribution in [3.63, 3.8) is 0 Å². The van der Waals surface area contributed by atoms with Gasteiger partial charge in [0, 0.05) is 31.2 Å². The Morgan fingerprint density at radius 3 is 2.32 bits per heavy atom. The van der Waals surface area contributed by atoms with Crippen LogP contribution in [0.1, 0.15) is 48.2 Å². The van der Waals surface area contributed by atoms with Crippen LogP contribution in [0.15, 0.2) is 65.3 Å². The van der Waals surface area contributed by atoms with Crippen molar-refractivity contribution in [1.82, 2.24) is 9.80 Å². The molecular formula is C32H36Cl2FN3O3. The van der Waals surface area contributed by atoms with Crippen molar-refractivity contribution in [2.45, 2.75) is 38.5 Å². The van der Waals surface area contributed by atoms with Gasteiger partial charge in [0.15, 0.2) is 5.76 Å². The molecule has 0 bridgehead atoms. The number of hydrogen-bond donors (Lipinski definition) is 0. The third kappa shape index (κ3) is 7.70. The Bertz CT molecular complexity index is 1300. The molecule has 2 aromatic carbocycles. The van der Waals surface area contributed by atoms with Crippen LogP contribution in [0.25, 0.3) is 0 Å². The van der Waals surface area contributed by atoms with Gasteiger partial charge in [-0.25, -0.2) is 4.39 Å². The van der Waals surface area contributed by atoms with Gasteiger partial charge < -0.3 is 19.1 Å². The summed E-state index contributed by atoms with van der Waals surface area (Å²) < 4.78 is 18.5. The number of benzene rings is 2. The molecule has 0 atom stereocenters. The van der Waals surface area contributed by atoms with Crippen molar-refractivity contribution in [2.75, 3.05) is 44.2 Å². The van der Waals surface area contributed by atoms with Crippen LogP contribution in [0.3, 0.4) is 0 Å². The molecule has 1 aromatic heterocycles. The summed E-state index contributed by atoms with van der Waals surface area (Å²) in [5.74, 6) is 0.494. The third-order valence-corrected chi connectivity index (χ3v) is 9.08. The first-order valence-corrected chi connectivity index (χ1v) is 15.2. The minimum atomic E-state index is -0.192. The molecule has 5 rings (SSSR count). The topological polar surface area (TPSA) is 57.0 Å². The predicted octanol–water partition coefficient (Wildman–Crippen LogP) is 6.96. The zero-order valence-corrected chi connectivity index (χ0v) is 24.6. The molecule has 0 saturated carbocycles. The monoisotopic (exact) mass is 599 g/mol. The molecule has 9 heteroatoms. The lowest BCUT2D eigenvalue weighted by atomic mass is 9.90. The molecule has 2 aliphatic heterocycles. The lowest BCUT2D eigenvalue weighted by Gasteiger charge is -2.35. The van der Waals surface area contributed by atoms with Crippen LogP contribution >= 0.6 is 23.2 Å². The third-order valence-electron chi connectivity index (χ3n) is 8.35. The second-order valence-electron chi connectivity index (χ2n) is 11.1. The van der Waals surface area contributed by atoms with Gasteiger partial charge in [-0.15, -0.1) is 0 Å². The number of hydrogen-bond acceptors (Lipinski definition) is 4. The average Bonchev–Trinajstić information content (AvgIpc) is 3.54. The minimum absolute atomic E-state index is 0.0616. The lowest BCUT2D eigenvalue weighted by Crippen LogP contribution is -2.45. The van der Waals surface area contributed by atoms with Crippen LogP contribution < -0.4 is 4.90 Å². The number of halogens is 3. The molecule has 6 nitrogen and oxygen atoms in total. The second kappa shape index (κ2) is 13.9. The highest BCUT2D eigenvalue weighted by atomic mass is 35.5. The zero-order chi connectivity index (χ0) is 28.8. The summed E-state index contributed by atoms with van der Waals surface area (Å²) in [5, 5.41) is 0.875. The summed E-state index contributed by atoms with van der Waals surface area (Å²) in [6, 6.07) is 15.6. The Hall–Kier alpha value is -2.87. The molecule has 0 spiro atoms. The van der Waals surface area contributed by atoms with E-state index in [1.54, 1.807) is 29.2 Å². The number of piperidine rings is 2. The summed E-state index contributed by atoms with van der Waals surface area (Å²) in [6.07, 6.45) is 6.75. The normalized spacial score (nSPS) is 17.1. The maximum Gasteiger partial charge on any atom is 0.289 e. The summed E-state index contributed by atoms with van der Waals surface area (Å²) in [7, 11) is 0. The fourth-order valence-corrected chi connectivity index (χ4v) is 6.24. The van der Waals surface area contributed by atoms with E-state index in [-0.39, 0.29) is 23.5 Å². The Morgan fingerprint density at radius 1 is 0.927 bits per heavy atom. The maximum absolute atomic E-state index is 13.8. The summed E-state index contributed by atoms with van der Waals surface area (Å²) >= 11 is 12.5. The lowest BCUT2D eigenvalue weighted by molar-refractivity contribution is -0.123. The molecule has 41 heavy (non-hydrogen) atoms. The highest BCUT2D eigenvalue weighted by Gasteiger charge is 2.32. The van der Waals surface area contributed by atoms with E-state index in [4.69, 9.17) is 27.6 Å². The van der Waals surface area contributed by atoms with E-state index in [1.807, 2.05) is 23.1 Å². The first kappa shape index (κ1) is 29.6. The number of carbonyl (C=O) groups is 2. The van der Waals surface area contributed by atoms with Crippen molar-refractivity contribution >= 4 is 40.7 Å². The Balaban J connectivity index is 1.15. The molecule has 218 valence electrons.